The maximum absolute atomic E-state index is 11.5. The van der Waals surface area contributed by atoms with Gasteiger partial charge in [0.1, 0.15) is 11.5 Å². The van der Waals surface area contributed by atoms with Crippen LogP contribution in [-0.2, 0) is 12.0 Å². The van der Waals surface area contributed by atoms with Crippen molar-refractivity contribution in [3.8, 4) is 22.9 Å². The first-order valence-corrected chi connectivity index (χ1v) is 7.40. The van der Waals surface area contributed by atoms with Gasteiger partial charge in [-0.15, -0.1) is 10.2 Å². The second kappa shape index (κ2) is 8.48. The summed E-state index contributed by atoms with van der Waals surface area (Å²) in [6.45, 7) is 3.97. The van der Waals surface area contributed by atoms with Crippen LogP contribution in [0.3, 0.4) is 0 Å². The summed E-state index contributed by atoms with van der Waals surface area (Å²) in [5, 5.41) is 27.5. The fourth-order valence-electron chi connectivity index (χ4n) is 1.55. The minimum Gasteiger partial charge on any atom is -0.508 e. The Kier molecular flexibility index (Phi) is 6.97. The number of hydrogen-bond donors (Lipinski definition) is 2. The third-order valence-corrected chi connectivity index (χ3v) is 3.43. The van der Waals surface area contributed by atoms with Gasteiger partial charge in [-0.05, 0) is 16.7 Å². The molecule has 2 rings (SSSR count). The van der Waals surface area contributed by atoms with Crippen LogP contribution in [0, 0.1) is 0 Å². The molecule has 2 aromatic rings. The van der Waals surface area contributed by atoms with Gasteiger partial charge in [-0.2, -0.15) is 4.94 Å². The summed E-state index contributed by atoms with van der Waals surface area (Å²) in [7, 11) is 1.74. The third kappa shape index (κ3) is 4.33. The Labute approximate surface area is 126 Å². The number of phenolic OH excluding ortho intramolecular Hbond substituents is 2. The van der Waals surface area contributed by atoms with Crippen molar-refractivity contribution in [1.82, 2.24) is 14.8 Å². The normalized spacial score (nSPS) is 10.1. The highest BCUT2D eigenvalue weighted by atomic mass is 32.2. The first-order valence-electron chi connectivity index (χ1n) is 6.41. The predicted molar refractivity (Wildman–Crippen MR) is 78.9 cm³/mol. The van der Waals surface area contributed by atoms with Crippen molar-refractivity contribution in [3.63, 3.8) is 0 Å². The van der Waals surface area contributed by atoms with E-state index in [0.29, 0.717) is 22.3 Å². The van der Waals surface area contributed by atoms with Crippen LogP contribution in [0.1, 0.15) is 13.8 Å². The van der Waals surface area contributed by atoms with Gasteiger partial charge in [0.25, 0.3) is 0 Å². The Morgan fingerprint density at radius 3 is 2.62 bits per heavy atom. The zero-order valence-electron chi connectivity index (χ0n) is 12.1. The lowest BCUT2D eigenvalue weighted by Crippen LogP contribution is -1.97. The van der Waals surface area contributed by atoms with Crippen molar-refractivity contribution in [2.75, 3.05) is 12.4 Å². The summed E-state index contributed by atoms with van der Waals surface area (Å²) in [4.78, 5) is 3.48. The topological polar surface area (TPSA) is 80.4 Å². The number of benzene rings is 1. The summed E-state index contributed by atoms with van der Waals surface area (Å²) in [6.07, 6.45) is 0. The lowest BCUT2D eigenvalue weighted by molar-refractivity contribution is -0.124. The van der Waals surface area contributed by atoms with Gasteiger partial charge in [0.2, 0.25) is 0 Å². The average Bonchev–Trinajstić information content (AvgIpc) is 2.83. The Balaban J connectivity index is 0.00000106. The van der Waals surface area contributed by atoms with Gasteiger partial charge in [-0.3, -0.25) is 0 Å². The van der Waals surface area contributed by atoms with Gasteiger partial charge < -0.3 is 14.8 Å². The van der Waals surface area contributed by atoms with E-state index in [1.54, 1.807) is 17.7 Å². The fraction of sp³-hybridized carbons (Fsp3) is 0.385. The van der Waals surface area contributed by atoms with E-state index in [1.165, 1.54) is 23.9 Å². The van der Waals surface area contributed by atoms with Gasteiger partial charge >= 0.3 is 0 Å². The minimum absolute atomic E-state index is 0.0295. The van der Waals surface area contributed by atoms with E-state index in [0.717, 1.165) is 0 Å². The van der Waals surface area contributed by atoms with Crippen molar-refractivity contribution in [2.24, 2.45) is 7.05 Å². The maximum atomic E-state index is 11.5. The van der Waals surface area contributed by atoms with Crippen molar-refractivity contribution in [3.05, 3.63) is 18.2 Å². The Morgan fingerprint density at radius 1 is 1.29 bits per heavy atom. The average molecular weight is 315 g/mol. The molecule has 1 heterocycles. The smallest absolute Gasteiger partial charge is 0.191 e. The number of thioether (sulfide) groups is 1. The number of aromatic hydroxyl groups is 2. The molecule has 1 aromatic heterocycles. The number of aromatic nitrogens is 3. The highest BCUT2D eigenvalue weighted by Crippen LogP contribution is 2.32. The standard InChI is InChI=1S/C11H12FN3O3S.C2H6/c1-15-10(8-3-2-7(16)6-9(8)17)13-14-11(15)19-5-4-18-12;1-2/h2-3,6,16-17H,4-5H2,1H3;1-2H3. The second-order valence-corrected chi connectivity index (χ2v) is 4.79. The molecule has 0 aliphatic carbocycles. The van der Waals surface area contributed by atoms with Crippen LogP contribution in [0.25, 0.3) is 11.4 Å². The molecule has 0 atom stereocenters. The minimum atomic E-state index is -0.0841. The Morgan fingerprint density at radius 2 is 2.00 bits per heavy atom. The summed E-state index contributed by atoms with van der Waals surface area (Å²) >= 11 is 1.29. The van der Waals surface area contributed by atoms with E-state index in [4.69, 9.17) is 0 Å². The SMILES string of the molecule is CC.Cn1c(SCCOF)nnc1-c1ccc(O)cc1O. The van der Waals surface area contributed by atoms with Gasteiger partial charge in [-0.1, -0.05) is 25.6 Å². The molecule has 0 radical (unpaired) electrons. The van der Waals surface area contributed by atoms with Gasteiger partial charge in [0.05, 0.1) is 12.2 Å². The third-order valence-electron chi connectivity index (χ3n) is 2.45. The molecule has 6 nitrogen and oxygen atoms in total. The van der Waals surface area contributed by atoms with Crippen LogP contribution in [0.5, 0.6) is 11.5 Å². The molecule has 0 unspecified atom stereocenters. The highest BCUT2D eigenvalue weighted by molar-refractivity contribution is 7.99. The molecule has 1 aromatic carbocycles. The quantitative estimate of drug-likeness (QED) is 0.652. The molecule has 0 saturated carbocycles. The lowest BCUT2D eigenvalue weighted by Gasteiger charge is -2.05. The summed E-state index contributed by atoms with van der Waals surface area (Å²) < 4.78 is 13.2. The molecule has 0 aliphatic heterocycles. The number of nitrogens with zero attached hydrogens (tertiary/aromatic N) is 3. The lowest BCUT2D eigenvalue weighted by atomic mass is 10.2. The number of halogens is 1. The summed E-state index contributed by atoms with van der Waals surface area (Å²) in [5.41, 5.74) is 0.460. The van der Waals surface area contributed by atoms with E-state index in [9.17, 15) is 14.7 Å². The first kappa shape index (κ1) is 17.3. The summed E-state index contributed by atoms with van der Waals surface area (Å²) in [6, 6.07) is 4.23. The second-order valence-electron chi connectivity index (χ2n) is 3.73. The number of rotatable bonds is 5. The van der Waals surface area contributed by atoms with Gasteiger partial charge in [-0.25, -0.2) is 0 Å². The maximum Gasteiger partial charge on any atom is 0.191 e. The molecule has 0 spiro atoms. The van der Waals surface area contributed by atoms with Crippen LogP contribution in [-0.4, -0.2) is 37.3 Å². The van der Waals surface area contributed by atoms with E-state index >= 15 is 0 Å². The molecule has 0 saturated heterocycles. The fourth-order valence-corrected chi connectivity index (χ4v) is 2.26. The van der Waals surface area contributed by atoms with Crippen molar-refractivity contribution >= 4 is 11.8 Å². The van der Waals surface area contributed by atoms with Crippen LogP contribution in [0.4, 0.5) is 4.53 Å². The molecular formula is C13H18FN3O3S. The van der Waals surface area contributed by atoms with Crippen LogP contribution in [0.2, 0.25) is 0 Å². The molecular weight excluding hydrogens is 297 g/mol. The summed E-state index contributed by atoms with van der Waals surface area (Å²) in [5.74, 6) is 0.753. The molecule has 8 heteroatoms. The molecule has 0 bridgehead atoms. The van der Waals surface area contributed by atoms with Crippen molar-refractivity contribution in [1.29, 1.82) is 0 Å². The van der Waals surface area contributed by atoms with Crippen LogP contribution >= 0.6 is 11.8 Å². The van der Waals surface area contributed by atoms with Gasteiger partial charge in [0, 0.05) is 18.9 Å². The largest absolute Gasteiger partial charge is 0.508 e. The van der Waals surface area contributed by atoms with E-state index in [2.05, 4.69) is 15.1 Å². The number of phenols is 2. The Hall–Kier alpha value is -1.80. The zero-order chi connectivity index (χ0) is 15.8. The van der Waals surface area contributed by atoms with Gasteiger partial charge in [0.15, 0.2) is 11.0 Å². The molecule has 21 heavy (non-hydrogen) atoms. The van der Waals surface area contributed by atoms with Crippen molar-refractivity contribution in [2.45, 2.75) is 19.0 Å². The van der Waals surface area contributed by atoms with E-state index < -0.39 is 0 Å². The number of hydrogen-bond acceptors (Lipinski definition) is 6. The van der Waals surface area contributed by atoms with Crippen molar-refractivity contribution < 1.29 is 19.7 Å². The van der Waals surface area contributed by atoms with Crippen LogP contribution in [0.15, 0.2) is 23.4 Å². The molecule has 0 fully saturated rings. The Bertz CT molecular complexity index is 578. The van der Waals surface area contributed by atoms with Crippen LogP contribution < -0.4 is 0 Å². The first-order chi connectivity index (χ1) is 10.1. The highest BCUT2D eigenvalue weighted by Gasteiger charge is 2.14. The molecule has 2 N–H and O–H groups in total. The molecule has 0 amide bonds. The molecule has 116 valence electrons. The van der Waals surface area contributed by atoms with E-state index in [1.807, 2.05) is 13.8 Å². The van der Waals surface area contributed by atoms with E-state index in [-0.39, 0.29) is 18.1 Å². The monoisotopic (exact) mass is 315 g/mol. The molecule has 0 aliphatic rings. The zero-order valence-corrected chi connectivity index (χ0v) is 12.9. The predicted octanol–water partition coefficient (Wildman–Crippen LogP) is 2.91.